The third-order valence-electron chi connectivity index (χ3n) is 4.13. The summed E-state index contributed by atoms with van der Waals surface area (Å²) in [7, 11) is 1.66. The number of aromatic nitrogens is 1. The average Bonchev–Trinajstić information content (AvgIpc) is 2.69. The Morgan fingerprint density at radius 3 is 2.19 bits per heavy atom. The summed E-state index contributed by atoms with van der Waals surface area (Å²) in [5.74, 6) is 0.821. The van der Waals surface area contributed by atoms with Crippen LogP contribution in [0.2, 0.25) is 0 Å². The Bertz CT molecular complexity index is 865. The van der Waals surface area contributed by atoms with Crippen LogP contribution >= 0.6 is 0 Å². The number of ether oxygens (including phenoxy) is 2. The van der Waals surface area contributed by atoms with Crippen LogP contribution < -0.4 is 15.4 Å². The average molecular weight is 363 g/mol. The highest BCUT2D eigenvalue weighted by Gasteiger charge is 2.06. The SMILES string of the molecule is CCOC(C)c1ccc(Nc2cccc(Nc3cccc(OC)c3)c2)cn1. The Kier molecular flexibility index (Phi) is 6.28. The van der Waals surface area contributed by atoms with Crippen molar-refractivity contribution in [2.45, 2.75) is 20.0 Å². The molecule has 27 heavy (non-hydrogen) atoms. The summed E-state index contributed by atoms with van der Waals surface area (Å²) in [6.07, 6.45) is 1.83. The zero-order valence-corrected chi connectivity index (χ0v) is 15.9. The van der Waals surface area contributed by atoms with Gasteiger partial charge >= 0.3 is 0 Å². The normalized spacial score (nSPS) is 11.7. The molecular weight excluding hydrogens is 338 g/mol. The van der Waals surface area contributed by atoms with E-state index >= 15 is 0 Å². The molecule has 3 aromatic rings. The number of rotatable bonds is 8. The van der Waals surface area contributed by atoms with Crippen LogP contribution in [-0.4, -0.2) is 18.7 Å². The number of anilines is 4. The lowest BCUT2D eigenvalue weighted by Crippen LogP contribution is -2.02. The molecule has 2 N–H and O–H groups in total. The second-order valence-corrected chi connectivity index (χ2v) is 6.13. The summed E-state index contributed by atoms with van der Waals surface area (Å²) in [5.41, 5.74) is 4.80. The van der Waals surface area contributed by atoms with Gasteiger partial charge in [0.05, 0.1) is 30.8 Å². The second kappa shape index (κ2) is 9.05. The van der Waals surface area contributed by atoms with E-state index in [4.69, 9.17) is 9.47 Å². The molecule has 5 heteroatoms. The molecular formula is C22H25N3O2. The summed E-state index contributed by atoms with van der Waals surface area (Å²) in [5, 5.41) is 6.77. The van der Waals surface area contributed by atoms with E-state index in [0.29, 0.717) is 6.61 Å². The largest absolute Gasteiger partial charge is 0.497 e. The summed E-state index contributed by atoms with van der Waals surface area (Å²) in [6.45, 7) is 4.67. The summed E-state index contributed by atoms with van der Waals surface area (Å²) in [6, 6.07) is 19.9. The van der Waals surface area contributed by atoms with Gasteiger partial charge in [-0.1, -0.05) is 12.1 Å². The van der Waals surface area contributed by atoms with Crippen molar-refractivity contribution in [2.75, 3.05) is 24.4 Å². The zero-order valence-electron chi connectivity index (χ0n) is 15.9. The highest BCUT2D eigenvalue weighted by atomic mass is 16.5. The fraction of sp³-hybridized carbons (Fsp3) is 0.227. The van der Waals surface area contributed by atoms with Crippen molar-refractivity contribution in [1.82, 2.24) is 4.98 Å². The molecule has 1 unspecified atom stereocenters. The maximum absolute atomic E-state index is 5.57. The second-order valence-electron chi connectivity index (χ2n) is 6.13. The Labute approximate surface area is 160 Å². The fourth-order valence-corrected chi connectivity index (χ4v) is 2.76. The molecule has 0 spiro atoms. The molecule has 0 saturated carbocycles. The molecule has 5 nitrogen and oxygen atoms in total. The van der Waals surface area contributed by atoms with Crippen LogP contribution in [0.25, 0.3) is 0 Å². The molecule has 0 radical (unpaired) electrons. The van der Waals surface area contributed by atoms with Crippen LogP contribution in [0.3, 0.4) is 0 Å². The molecule has 140 valence electrons. The molecule has 0 aliphatic carbocycles. The Morgan fingerprint density at radius 1 is 0.889 bits per heavy atom. The lowest BCUT2D eigenvalue weighted by atomic mass is 10.2. The van der Waals surface area contributed by atoms with Gasteiger partial charge in [0, 0.05) is 29.7 Å². The van der Waals surface area contributed by atoms with Gasteiger partial charge in [0.15, 0.2) is 0 Å². The van der Waals surface area contributed by atoms with Crippen molar-refractivity contribution in [3.63, 3.8) is 0 Å². The van der Waals surface area contributed by atoms with Crippen molar-refractivity contribution in [3.05, 3.63) is 72.6 Å². The number of hydrogen-bond donors (Lipinski definition) is 2. The molecule has 0 amide bonds. The molecule has 0 saturated heterocycles. The van der Waals surface area contributed by atoms with Crippen LogP contribution in [0, 0.1) is 0 Å². The van der Waals surface area contributed by atoms with Crippen molar-refractivity contribution in [3.8, 4) is 5.75 Å². The van der Waals surface area contributed by atoms with Gasteiger partial charge in [0.1, 0.15) is 5.75 Å². The van der Waals surface area contributed by atoms with Crippen molar-refractivity contribution >= 4 is 22.7 Å². The molecule has 0 aliphatic heterocycles. The number of benzene rings is 2. The van der Waals surface area contributed by atoms with Gasteiger partial charge in [0.2, 0.25) is 0 Å². The van der Waals surface area contributed by atoms with E-state index in [2.05, 4.69) is 21.7 Å². The van der Waals surface area contributed by atoms with Crippen LogP contribution in [0.5, 0.6) is 5.75 Å². The van der Waals surface area contributed by atoms with Gasteiger partial charge in [-0.15, -0.1) is 0 Å². The van der Waals surface area contributed by atoms with Crippen LogP contribution in [0.1, 0.15) is 25.6 Å². The van der Waals surface area contributed by atoms with Crippen LogP contribution in [-0.2, 0) is 4.74 Å². The number of hydrogen-bond acceptors (Lipinski definition) is 5. The van der Waals surface area contributed by atoms with E-state index in [1.807, 2.05) is 74.6 Å². The van der Waals surface area contributed by atoms with Gasteiger partial charge in [-0.05, 0) is 56.3 Å². The minimum absolute atomic E-state index is 0.000517. The van der Waals surface area contributed by atoms with Gasteiger partial charge in [-0.25, -0.2) is 0 Å². The molecule has 1 heterocycles. The Balaban J connectivity index is 1.68. The molecule has 3 rings (SSSR count). The topological polar surface area (TPSA) is 55.4 Å². The highest BCUT2D eigenvalue weighted by Crippen LogP contribution is 2.25. The number of nitrogens with one attached hydrogen (secondary N) is 2. The molecule has 0 bridgehead atoms. The standard InChI is InChI=1S/C22H25N3O2/c1-4-27-16(2)22-12-11-20(15-23-22)25-18-8-5-7-17(13-18)24-19-9-6-10-21(14-19)26-3/h5-16,24-25H,4H2,1-3H3. The van der Waals surface area contributed by atoms with Crippen LogP contribution in [0.4, 0.5) is 22.7 Å². The number of nitrogens with zero attached hydrogens (tertiary/aromatic N) is 1. The lowest BCUT2D eigenvalue weighted by Gasteiger charge is -2.13. The number of methoxy groups -OCH3 is 1. The third-order valence-corrected chi connectivity index (χ3v) is 4.13. The molecule has 1 atom stereocenters. The monoisotopic (exact) mass is 363 g/mol. The Hall–Kier alpha value is -3.05. The van der Waals surface area contributed by atoms with Crippen molar-refractivity contribution in [2.24, 2.45) is 0 Å². The molecule has 2 aromatic carbocycles. The quantitative estimate of drug-likeness (QED) is 0.540. The lowest BCUT2D eigenvalue weighted by molar-refractivity contribution is 0.0734. The first-order valence-corrected chi connectivity index (χ1v) is 9.03. The van der Waals surface area contributed by atoms with Crippen molar-refractivity contribution in [1.29, 1.82) is 0 Å². The predicted molar refractivity (Wildman–Crippen MR) is 110 cm³/mol. The van der Waals surface area contributed by atoms with E-state index in [1.165, 1.54) is 0 Å². The van der Waals surface area contributed by atoms with Gasteiger partial charge in [0.25, 0.3) is 0 Å². The first-order valence-electron chi connectivity index (χ1n) is 9.03. The maximum atomic E-state index is 5.57. The van der Waals surface area contributed by atoms with Gasteiger partial charge < -0.3 is 20.1 Å². The van der Waals surface area contributed by atoms with Crippen LogP contribution in [0.15, 0.2) is 66.9 Å². The maximum Gasteiger partial charge on any atom is 0.120 e. The summed E-state index contributed by atoms with van der Waals surface area (Å²) < 4.78 is 10.8. The van der Waals surface area contributed by atoms with E-state index < -0.39 is 0 Å². The minimum Gasteiger partial charge on any atom is -0.497 e. The predicted octanol–water partition coefficient (Wildman–Crippen LogP) is 5.67. The fourth-order valence-electron chi connectivity index (χ4n) is 2.76. The molecule has 0 aliphatic rings. The highest BCUT2D eigenvalue weighted by molar-refractivity contribution is 5.68. The number of pyridine rings is 1. The summed E-state index contributed by atoms with van der Waals surface area (Å²) in [4.78, 5) is 4.49. The molecule has 0 fully saturated rings. The third kappa shape index (κ3) is 5.21. The van der Waals surface area contributed by atoms with E-state index in [1.54, 1.807) is 7.11 Å². The first-order chi connectivity index (χ1) is 13.2. The first kappa shape index (κ1) is 18.7. The van der Waals surface area contributed by atoms with Crippen molar-refractivity contribution < 1.29 is 9.47 Å². The smallest absolute Gasteiger partial charge is 0.120 e. The van der Waals surface area contributed by atoms with E-state index in [0.717, 1.165) is 34.2 Å². The van der Waals surface area contributed by atoms with E-state index in [9.17, 15) is 0 Å². The van der Waals surface area contributed by atoms with E-state index in [-0.39, 0.29) is 6.10 Å². The zero-order chi connectivity index (χ0) is 19.1. The minimum atomic E-state index is -0.000517. The Morgan fingerprint density at radius 2 is 1.56 bits per heavy atom. The van der Waals surface area contributed by atoms with Gasteiger partial charge in [-0.2, -0.15) is 0 Å². The molecule has 1 aromatic heterocycles. The van der Waals surface area contributed by atoms with Gasteiger partial charge in [-0.3, -0.25) is 4.98 Å². The summed E-state index contributed by atoms with van der Waals surface area (Å²) >= 11 is 0.